The van der Waals surface area contributed by atoms with E-state index in [0.29, 0.717) is 0 Å². The predicted molar refractivity (Wildman–Crippen MR) is 65.0 cm³/mol. The van der Waals surface area contributed by atoms with Crippen LogP contribution in [0.1, 0.15) is 24.4 Å². The maximum atomic E-state index is 13.5. The first-order valence-electron chi connectivity index (χ1n) is 5.53. The summed E-state index contributed by atoms with van der Waals surface area (Å²) in [7, 11) is 2.64. The van der Waals surface area contributed by atoms with E-state index in [1.807, 2.05) is 0 Å². The van der Waals surface area contributed by atoms with Crippen molar-refractivity contribution in [1.29, 1.82) is 0 Å². The van der Waals surface area contributed by atoms with Crippen molar-refractivity contribution in [3.8, 4) is 17.2 Å². The van der Waals surface area contributed by atoms with Gasteiger partial charge < -0.3 is 25.4 Å². The number of ether oxygens (including phenoxy) is 2. The smallest absolute Gasteiger partial charge is 0.303 e. The Morgan fingerprint density at radius 2 is 2.11 bits per heavy atom. The van der Waals surface area contributed by atoms with Gasteiger partial charge in [0.1, 0.15) is 0 Å². The average molecular weight is 273 g/mol. The summed E-state index contributed by atoms with van der Waals surface area (Å²) in [5.41, 5.74) is 5.79. The quantitative estimate of drug-likeness (QED) is 0.724. The summed E-state index contributed by atoms with van der Waals surface area (Å²) in [6, 6.07) is 0.0948. The van der Waals surface area contributed by atoms with Gasteiger partial charge in [0, 0.05) is 18.5 Å². The van der Waals surface area contributed by atoms with E-state index in [1.165, 1.54) is 14.2 Å². The number of aromatic hydroxyl groups is 1. The van der Waals surface area contributed by atoms with Crippen LogP contribution in [0.3, 0.4) is 0 Å². The zero-order chi connectivity index (χ0) is 14.6. The number of nitrogens with two attached hydrogens (primary N) is 1. The summed E-state index contributed by atoms with van der Waals surface area (Å²) in [5, 5.41) is 18.3. The molecule has 4 N–H and O–H groups in total. The molecular weight excluding hydrogens is 257 g/mol. The van der Waals surface area contributed by atoms with E-state index in [9.17, 15) is 14.3 Å². The van der Waals surface area contributed by atoms with E-state index in [1.54, 1.807) is 0 Å². The highest BCUT2D eigenvalue weighted by atomic mass is 19.1. The van der Waals surface area contributed by atoms with Crippen LogP contribution in [0.5, 0.6) is 17.2 Å². The van der Waals surface area contributed by atoms with Gasteiger partial charge in [-0.2, -0.15) is 0 Å². The molecule has 0 aliphatic carbocycles. The fourth-order valence-electron chi connectivity index (χ4n) is 1.75. The van der Waals surface area contributed by atoms with E-state index in [4.69, 9.17) is 20.3 Å². The molecule has 0 saturated carbocycles. The highest BCUT2D eigenvalue weighted by Crippen LogP contribution is 2.42. The third-order valence-electron chi connectivity index (χ3n) is 2.67. The van der Waals surface area contributed by atoms with Crippen LogP contribution in [0.2, 0.25) is 0 Å². The van der Waals surface area contributed by atoms with Gasteiger partial charge in [0.05, 0.1) is 19.8 Å². The van der Waals surface area contributed by atoms with E-state index in [0.717, 1.165) is 6.07 Å². The minimum absolute atomic E-state index is 0.000556. The van der Waals surface area contributed by atoms with Crippen LogP contribution < -0.4 is 15.2 Å². The Hall–Kier alpha value is -2.02. The van der Waals surface area contributed by atoms with E-state index < -0.39 is 23.6 Å². The van der Waals surface area contributed by atoms with Crippen molar-refractivity contribution < 1.29 is 28.9 Å². The number of hydrogen-bond acceptors (Lipinski definition) is 5. The lowest BCUT2D eigenvalue weighted by Crippen LogP contribution is -2.14. The largest absolute Gasteiger partial charge is 0.504 e. The first-order chi connectivity index (χ1) is 8.92. The van der Waals surface area contributed by atoms with Gasteiger partial charge in [0.2, 0.25) is 0 Å². The van der Waals surface area contributed by atoms with Crippen molar-refractivity contribution in [2.75, 3.05) is 14.2 Å². The van der Waals surface area contributed by atoms with Crippen LogP contribution >= 0.6 is 0 Å². The van der Waals surface area contributed by atoms with Crippen LogP contribution in [0.25, 0.3) is 0 Å². The highest BCUT2D eigenvalue weighted by Gasteiger charge is 2.24. The molecule has 0 aromatic heterocycles. The molecular formula is C12H16FNO5. The zero-order valence-corrected chi connectivity index (χ0v) is 10.6. The van der Waals surface area contributed by atoms with Crippen molar-refractivity contribution in [2.24, 2.45) is 5.73 Å². The molecule has 7 heteroatoms. The fraction of sp³-hybridized carbons (Fsp3) is 0.417. The van der Waals surface area contributed by atoms with E-state index >= 15 is 0 Å². The van der Waals surface area contributed by atoms with Gasteiger partial charge >= 0.3 is 5.97 Å². The van der Waals surface area contributed by atoms with Crippen molar-refractivity contribution >= 4 is 5.97 Å². The molecule has 1 aromatic carbocycles. The van der Waals surface area contributed by atoms with Crippen molar-refractivity contribution in [2.45, 2.75) is 18.9 Å². The Labute approximate surface area is 109 Å². The number of hydrogen-bond donors (Lipinski definition) is 3. The number of phenols is 1. The maximum Gasteiger partial charge on any atom is 0.303 e. The Morgan fingerprint density at radius 1 is 1.47 bits per heavy atom. The summed E-state index contributed by atoms with van der Waals surface area (Å²) in [5.74, 6) is -2.41. The standard InChI is InChI=1S/C12H16FNO5/c1-18-8-5-6(13)11(17)10(12(8)19-2)7(14)3-4-9(15)16/h5,7,17H,3-4,14H2,1-2H3,(H,15,16). The molecule has 6 nitrogen and oxygen atoms in total. The number of phenolic OH excluding ortho intramolecular Hbond substituents is 1. The molecule has 19 heavy (non-hydrogen) atoms. The number of carbonyl (C=O) groups is 1. The van der Waals surface area contributed by atoms with Crippen molar-refractivity contribution in [3.05, 3.63) is 17.4 Å². The molecule has 1 unspecified atom stereocenters. The zero-order valence-electron chi connectivity index (χ0n) is 10.6. The number of aliphatic carboxylic acids is 1. The van der Waals surface area contributed by atoms with Crippen molar-refractivity contribution in [1.82, 2.24) is 0 Å². The molecule has 0 aliphatic heterocycles. The SMILES string of the molecule is COc1cc(F)c(O)c(C(N)CCC(=O)O)c1OC. The van der Waals surface area contributed by atoms with Gasteiger partial charge in [-0.05, 0) is 6.42 Å². The van der Waals surface area contributed by atoms with Gasteiger partial charge in [-0.15, -0.1) is 0 Å². The van der Waals surface area contributed by atoms with Gasteiger partial charge in [-0.1, -0.05) is 0 Å². The highest BCUT2D eigenvalue weighted by molar-refractivity contribution is 5.67. The second kappa shape index (κ2) is 6.24. The van der Waals surface area contributed by atoms with Crippen LogP contribution in [0.15, 0.2) is 6.07 Å². The number of methoxy groups -OCH3 is 2. The minimum atomic E-state index is -1.03. The molecule has 1 atom stereocenters. The number of carboxylic acid groups (broad SMARTS) is 1. The molecule has 0 bridgehead atoms. The molecule has 106 valence electrons. The third kappa shape index (κ3) is 3.25. The molecule has 0 heterocycles. The Kier molecular flexibility index (Phi) is 4.94. The Morgan fingerprint density at radius 3 is 2.58 bits per heavy atom. The normalized spacial score (nSPS) is 12.0. The summed E-state index contributed by atoms with van der Waals surface area (Å²) >= 11 is 0. The predicted octanol–water partition coefficient (Wildman–Crippen LogP) is 1.41. The molecule has 0 aliphatic rings. The molecule has 0 radical (unpaired) electrons. The number of carboxylic acids is 1. The fourth-order valence-corrected chi connectivity index (χ4v) is 1.75. The minimum Gasteiger partial charge on any atom is -0.504 e. The molecule has 1 rings (SSSR count). The summed E-state index contributed by atoms with van der Waals surface area (Å²) in [6.07, 6.45) is -0.172. The molecule has 0 saturated heterocycles. The molecule has 0 amide bonds. The number of halogens is 1. The van der Waals surface area contributed by atoms with Crippen LogP contribution in [0.4, 0.5) is 4.39 Å². The van der Waals surface area contributed by atoms with Crippen LogP contribution in [0, 0.1) is 5.82 Å². The topological polar surface area (TPSA) is 102 Å². The van der Waals surface area contributed by atoms with Crippen LogP contribution in [-0.4, -0.2) is 30.4 Å². The summed E-state index contributed by atoms with van der Waals surface area (Å²) in [4.78, 5) is 10.5. The van der Waals surface area contributed by atoms with Gasteiger partial charge in [0.15, 0.2) is 23.1 Å². The maximum absolute atomic E-state index is 13.5. The third-order valence-corrected chi connectivity index (χ3v) is 2.67. The second-order valence-corrected chi connectivity index (χ2v) is 3.90. The monoisotopic (exact) mass is 273 g/mol. The first kappa shape index (κ1) is 15.0. The average Bonchev–Trinajstić information content (AvgIpc) is 2.38. The number of rotatable bonds is 6. The van der Waals surface area contributed by atoms with Gasteiger partial charge in [-0.3, -0.25) is 4.79 Å². The number of benzene rings is 1. The summed E-state index contributed by atoms with van der Waals surface area (Å²) < 4.78 is 23.5. The molecule has 1 aromatic rings. The van der Waals surface area contributed by atoms with Gasteiger partial charge in [-0.25, -0.2) is 4.39 Å². The lowest BCUT2D eigenvalue weighted by molar-refractivity contribution is -0.137. The summed E-state index contributed by atoms with van der Waals surface area (Å²) in [6.45, 7) is 0. The van der Waals surface area contributed by atoms with Crippen molar-refractivity contribution in [3.63, 3.8) is 0 Å². The molecule has 0 fully saturated rings. The Balaban J connectivity index is 3.22. The van der Waals surface area contributed by atoms with E-state index in [-0.39, 0.29) is 29.9 Å². The lowest BCUT2D eigenvalue weighted by Gasteiger charge is -2.19. The molecule has 0 spiro atoms. The van der Waals surface area contributed by atoms with Crippen LogP contribution in [-0.2, 0) is 4.79 Å². The Bertz CT molecular complexity index is 478. The lowest BCUT2D eigenvalue weighted by atomic mass is 10.00. The second-order valence-electron chi connectivity index (χ2n) is 3.90. The first-order valence-corrected chi connectivity index (χ1v) is 5.53. The van der Waals surface area contributed by atoms with Gasteiger partial charge in [0.25, 0.3) is 0 Å². The van der Waals surface area contributed by atoms with E-state index in [2.05, 4.69) is 0 Å².